The minimum absolute atomic E-state index is 0.182. The van der Waals surface area contributed by atoms with Gasteiger partial charge in [0.15, 0.2) is 9.84 Å². The number of amides is 1. The van der Waals surface area contributed by atoms with Crippen LogP contribution < -0.4 is 20.7 Å². The summed E-state index contributed by atoms with van der Waals surface area (Å²) in [7, 11) is -2.93. The zero-order valence-corrected chi connectivity index (χ0v) is 25.5. The van der Waals surface area contributed by atoms with E-state index >= 15 is 0 Å². The molecule has 0 radical (unpaired) electrons. The largest absolute Gasteiger partial charge is 0.456 e. The summed E-state index contributed by atoms with van der Waals surface area (Å²) in [4.78, 5) is 23.7. The summed E-state index contributed by atoms with van der Waals surface area (Å²) in [5.41, 5.74) is 2.86. The Morgan fingerprint density at radius 1 is 1.12 bits per heavy atom. The molecule has 1 saturated heterocycles. The van der Waals surface area contributed by atoms with Crippen molar-refractivity contribution < 1.29 is 17.9 Å². The molecule has 3 heterocycles. The third kappa shape index (κ3) is 7.78. The SMILES string of the molecule is CC(C)(C)NC(=O)c1cccc(Oc2ccc(Nc3ncnc4c3C=C(CN3CCS(=O)(=O)CC3)CCN4)cc2Cl)c1. The van der Waals surface area contributed by atoms with E-state index in [0.29, 0.717) is 53.2 Å². The third-order valence-electron chi connectivity index (χ3n) is 6.84. The normalized spacial score (nSPS) is 16.8. The molecule has 1 fully saturated rings. The van der Waals surface area contributed by atoms with E-state index in [1.54, 1.807) is 36.4 Å². The number of carbonyl (C=O) groups is 1. The van der Waals surface area contributed by atoms with Crippen molar-refractivity contribution in [3.63, 3.8) is 0 Å². The summed E-state index contributed by atoms with van der Waals surface area (Å²) < 4.78 is 29.7. The summed E-state index contributed by atoms with van der Waals surface area (Å²) in [5.74, 6) is 2.51. The van der Waals surface area contributed by atoms with Crippen LogP contribution in [0.4, 0.5) is 17.3 Å². The van der Waals surface area contributed by atoms with Gasteiger partial charge in [-0.1, -0.05) is 23.2 Å². The first-order valence-electron chi connectivity index (χ1n) is 13.8. The molecule has 3 aromatic rings. The number of sulfone groups is 1. The Labute approximate surface area is 251 Å². The Morgan fingerprint density at radius 3 is 2.64 bits per heavy atom. The van der Waals surface area contributed by atoms with Crippen molar-refractivity contribution in [2.45, 2.75) is 32.7 Å². The van der Waals surface area contributed by atoms with Gasteiger partial charge in [0.1, 0.15) is 29.5 Å². The number of halogens is 1. The molecule has 2 aliphatic rings. The van der Waals surface area contributed by atoms with Crippen LogP contribution in [0.1, 0.15) is 43.1 Å². The van der Waals surface area contributed by atoms with E-state index in [0.717, 1.165) is 24.3 Å². The predicted octanol–water partition coefficient (Wildman–Crippen LogP) is 5.12. The lowest BCUT2D eigenvalue weighted by molar-refractivity contribution is 0.0919. The van der Waals surface area contributed by atoms with Gasteiger partial charge in [0, 0.05) is 43.0 Å². The Morgan fingerprint density at radius 2 is 1.90 bits per heavy atom. The number of rotatable bonds is 7. The number of aromatic nitrogens is 2. The Kier molecular flexibility index (Phi) is 8.72. The van der Waals surface area contributed by atoms with Crippen molar-refractivity contribution in [1.82, 2.24) is 20.2 Å². The number of nitrogens with zero attached hydrogens (tertiary/aromatic N) is 3. The molecular formula is C30H35ClN6O4S. The summed E-state index contributed by atoms with van der Waals surface area (Å²) in [6, 6.07) is 12.3. The van der Waals surface area contributed by atoms with Gasteiger partial charge in [-0.25, -0.2) is 18.4 Å². The maximum Gasteiger partial charge on any atom is 0.251 e. The molecule has 1 amide bonds. The van der Waals surface area contributed by atoms with Crippen LogP contribution in [0.5, 0.6) is 11.5 Å². The molecule has 12 heteroatoms. The van der Waals surface area contributed by atoms with Crippen molar-refractivity contribution in [2.24, 2.45) is 0 Å². The number of nitrogens with one attached hydrogen (secondary N) is 3. The summed E-state index contributed by atoms with van der Waals surface area (Å²) in [6.45, 7) is 8.28. The first kappa shape index (κ1) is 29.8. The quantitative estimate of drug-likeness (QED) is 0.334. The fourth-order valence-electron chi connectivity index (χ4n) is 4.75. The van der Waals surface area contributed by atoms with Crippen LogP contribution in [0.25, 0.3) is 6.08 Å². The van der Waals surface area contributed by atoms with Gasteiger partial charge in [-0.3, -0.25) is 9.69 Å². The van der Waals surface area contributed by atoms with Crippen molar-refractivity contribution in [2.75, 3.05) is 48.3 Å². The molecule has 0 atom stereocenters. The lowest BCUT2D eigenvalue weighted by atomic mass is 10.1. The van der Waals surface area contributed by atoms with Crippen molar-refractivity contribution in [3.05, 3.63) is 70.5 Å². The lowest BCUT2D eigenvalue weighted by Gasteiger charge is -2.27. The smallest absolute Gasteiger partial charge is 0.251 e. The van der Waals surface area contributed by atoms with Crippen LogP contribution in [-0.2, 0) is 9.84 Å². The average molecular weight is 611 g/mol. The number of anilines is 3. The first-order chi connectivity index (χ1) is 19.9. The molecule has 0 bridgehead atoms. The molecular weight excluding hydrogens is 576 g/mol. The highest BCUT2D eigenvalue weighted by Crippen LogP contribution is 2.34. The van der Waals surface area contributed by atoms with Gasteiger partial charge in [-0.05, 0) is 69.7 Å². The van der Waals surface area contributed by atoms with Gasteiger partial charge in [-0.15, -0.1) is 0 Å². The highest BCUT2D eigenvalue weighted by Gasteiger charge is 2.23. The van der Waals surface area contributed by atoms with Gasteiger partial charge in [-0.2, -0.15) is 0 Å². The fraction of sp³-hybridized carbons (Fsp3) is 0.367. The number of hydrogen-bond donors (Lipinski definition) is 3. The van der Waals surface area contributed by atoms with Gasteiger partial charge in [0.05, 0.1) is 22.1 Å². The maximum atomic E-state index is 12.6. The van der Waals surface area contributed by atoms with Crippen LogP contribution in [0, 0.1) is 0 Å². The molecule has 0 spiro atoms. The summed E-state index contributed by atoms with van der Waals surface area (Å²) in [6.07, 6.45) is 4.41. The van der Waals surface area contributed by atoms with Gasteiger partial charge >= 0.3 is 0 Å². The molecule has 0 unspecified atom stereocenters. The van der Waals surface area contributed by atoms with E-state index in [2.05, 4.69) is 36.9 Å². The summed E-state index contributed by atoms with van der Waals surface area (Å²) in [5, 5.41) is 10.1. The highest BCUT2D eigenvalue weighted by molar-refractivity contribution is 7.91. The first-order valence-corrected chi connectivity index (χ1v) is 16.0. The zero-order chi connectivity index (χ0) is 29.9. The molecule has 2 aromatic carbocycles. The van der Waals surface area contributed by atoms with E-state index < -0.39 is 9.84 Å². The monoisotopic (exact) mass is 610 g/mol. The molecule has 10 nitrogen and oxygen atoms in total. The van der Waals surface area contributed by atoms with Gasteiger partial charge < -0.3 is 20.7 Å². The molecule has 42 heavy (non-hydrogen) atoms. The van der Waals surface area contributed by atoms with Crippen molar-refractivity contribution in [1.29, 1.82) is 0 Å². The minimum Gasteiger partial charge on any atom is -0.456 e. The lowest BCUT2D eigenvalue weighted by Crippen LogP contribution is -2.41. The topological polar surface area (TPSA) is 126 Å². The maximum absolute atomic E-state index is 12.6. The molecule has 222 valence electrons. The number of fused-ring (bicyclic) bond motifs is 1. The second-order valence-corrected chi connectivity index (χ2v) is 14.2. The van der Waals surface area contributed by atoms with Crippen molar-refractivity contribution >= 4 is 50.7 Å². The van der Waals surface area contributed by atoms with Crippen LogP contribution in [-0.4, -0.2) is 72.4 Å². The second kappa shape index (κ2) is 12.3. The Bertz CT molecular complexity index is 1610. The van der Waals surface area contributed by atoms with Crippen LogP contribution >= 0.6 is 11.6 Å². The molecule has 1 aromatic heterocycles. The molecule has 5 rings (SSSR count). The number of benzene rings is 2. The summed E-state index contributed by atoms with van der Waals surface area (Å²) >= 11 is 6.61. The zero-order valence-electron chi connectivity index (χ0n) is 23.9. The standard InChI is InChI=1S/C30H35ClN6O4S/c1-30(2,3)36-29(38)21-5-4-6-23(16-21)41-26-8-7-22(17-25(26)31)35-28-24-15-20(9-10-32-27(24)33-19-34-28)18-37-11-13-42(39,40)14-12-37/h4-8,15-17,19H,9-14,18H2,1-3H3,(H,36,38)(H2,32,33,34,35). The van der Waals surface area contributed by atoms with E-state index in [1.165, 1.54) is 11.9 Å². The molecule has 0 aliphatic carbocycles. The molecule has 0 saturated carbocycles. The number of carbonyl (C=O) groups excluding carboxylic acids is 1. The van der Waals surface area contributed by atoms with E-state index in [-0.39, 0.29) is 23.0 Å². The number of ether oxygens (including phenoxy) is 1. The van der Waals surface area contributed by atoms with Crippen LogP contribution in [0.3, 0.4) is 0 Å². The second-order valence-electron chi connectivity index (χ2n) is 11.5. The van der Waals surface area contributed by atoms with E-state index in [9.17, 15) is 13.2 Å². The van der Waals surface area contributed by atoms with Crippen LogP contribution in [0.15, 0.2) is 54.4 Å². The van der Waals surface area contributed by atoms with Crippen molar-refractivity contribution in [3.8, 4) is 11.5 Å². The predicted molar refractivity (Wildman–Crippen MR) is 167 cm³/mol. The van der Waals surface area contributed by atoms with E-state index in [4.69, 9.17) is 16.3 Å². The fourth-order valence-corrected chi connectivity index (χ4v) is 6.25. The third-order valence-corrected chi connectivity index (χ3v) is 8.75. The van der Waals surface area contributed by atoms with E-state index in [1.807, 2.05) is 26.8 Å². The minimum atomic E-state index is -2.93. The Balaban J connectivity index is 1.30. The Hall–Kier alpha value is -3.67. The molecule has 2 aliphatic heterocycles. The van der Waals surface area contributed by atoms with Gasteiger partial charge in [0.25, 0.3) is 5.91 Å². The molecule has 3 N–H and O–H groups in total. The van der Waals surface area contributed by atoms with Gasteiger partial charge in [0.2, 0.25) is 0 Å². The highest BCUT2D eigenvalue weighted by atomic mass is 35.5. The van der Waals surface area contributed by atoms with Crippen LogP contribution in [0.2, 0.25) is 5.02 Å². The average Bonchev–Trinajstić information content (AvgIpc) is 3.13. The number of hydrogen-bond acceptors (Lipinski definition) is 9.